The maximum absolute atomic E-state index is 11.6. The maximum atomic E-state index is 11.6. The monoisotopic (exact) mass is 391 g/mol. The molecule has 148 valence electrons. The molecular formula is C21H21N5O3. The van der Waals surface area contributed by atoms with Crippen LogP contribution in [0.5, 0.6) is 11.5 Å². The molecule has 2 aromatic carbocycles. The van der Waals surface area contributed by atoms with Gasteiger partial charge in [0.2, 0.25) is 12.7 Å². The number of benzene rings is 2. The van der Waals surface area contributed by atoms with Crippen LogP contribution in [0.4, 0.5) is 17.3 Å². The van der Waals surface area contributed by atoms with Crippen molar-refractivity contribution >= 4 is 34.0 Å². The van der Waals surface area contributed by atoms with Gasteiger partial charge in [0.25, 0.3) is 0 Å². The van der Waals surface area contributed by atoms with E-state index in [9.17, 15) is 4.79 Å². The highest BCUT2D eigenvalue weighted by molar-refractivity contribution is 5.99. The molecule has 0 saturated carbocycles. The number of ether oxygens (including phenoxy) is 2. The van der Waals surface area contributed by atoms with Gasteiger partial charge in [-0.15, -0.1) is 10.2 Å². The summed E-state index contributed by atoms with van der Waals surface area (Å²) in [5.74, 6) is 3.10. The minimum Gasteiger partial charge on any atom is -0.454 e. The van der Waals surface area contributed by atoms with Crippen LogP contribution in [0.2, 0.25) is 0 Å². The summed E-state index contributed by atoms with van der Waals surface area (Å²) in [4.78, 5) is 15.7. The molecule has 1 amide bonds. The lowest BCUT2D eigenvalue weighted by Crippen LogP contribution is -2.48. The standard InChI is InChI=1S/C21H21N5O3/c1-14(27)25-8-10-26(11-9-25)21-17-5-3-2-4-16(17)20(23-24-21)22-15-6-7-18-19(12-15)29-13-28-18/h2-7,12H,8-11,13H2,1H3,(H,22,23). The number of carbonyl (C=O) groups is 1. The molecule has 1 saturated heterocycles. The number of anilines is 3. The highest BCUT2D eigenvalue weighted by atomic mass is 16.7. The average molecular weight is 391 g/mol. The summed E-state index contributed by atoms with van der Waals surface area (Å²) < 4.78 is 10.8. The van der Waals surface area contributed by atoms with Crippen LogP contribution in [0.3, 0.4) is 0 Å². The van der Waals surface area contributed by atoms with Crippen molar-refractivity contribution in [3.05, 3.63) is 42.5 Å². The van der Waals surface area contributed by atoms with Crippen LogP contribution in [0.25, 0.3) is 10.8 Å². The lowest BCUT2D eigenvalue weighted by molar-refractivity contribution is -0.129. The van der Waals surface area contributed by atoms with Crippen molar-refractivity contribution in [3.8, 4) is 11.5 Å². The lowest BCUT2D eigenvalue weighted by atomic mass is 10.1. The quantitative estimate of drug-likeness (QED) is 0.735. The van der Waals surface area contributed by atoms with Crippen molar-refractivity contribution in [2.45, 2.75) is 6.92 Å². The summed E-state index contributed by atoms with van der Waals surface area (Å²) in [6.45, 7) is 4.74. The Labute approximate surface area is 168 Å². The van der Waals surface area contributed by atoms with Gasteiger partial charge in [-0.2, -0.15) is 0 Å². The molecule has 0 unspecified atom stereocenters. The highest BCUT2D eigenvalue weighted by Crippen LogP contribution is 2.36. The van der Waals surface area contributed by atoms with Gasteiger partial charge in [-0.1, -0.05) is 24.3 Å². The second kappa shape index (κ2) is 7.12. The first-order valence-corrected chi connectivity index (χ1v) is 9.61. The van der Waals surface area contributed by atoms with E-state index in [1.165, 1.54) is 0 Å². The molecule has 5 rings (SSSR count). The fourth-order valence-electron chi connectivity index (χ4n) is 3.76. The Morgan fingerprint density at radius 1 is 0.966 bits per heavy atom. The smallest absolute Gasteiger partial charge is 0.231 e. The largest absolute Gasteiger partial charge is 0.454 e. The first-order valence-electron chi connectivity index (χ1n) is 9.61. The van der Waals surface area contributed by atoms with E-state index in [-0.39, 0.29) is 12.7 Å². The van der Waals surface area contributed by atoms with Crippen LogP contribution in [0, 0.1) is 0 Å². The molecule has 3 aromatic rings. The van der Waals surface area contributed by atoms with Gasteiger partial charge in [-0.25, -0.2) is 0 Å². The predicted molar refractivity (Wildman–Crippen MR) is 110 cm³/mol. The van der Waals surface area contributed by atoms with Crippen LogP contribution < -0.4 is 19.7 Å². The molecule has 0 spiro atoms. The van der Waals surface area contributed by atoms with Gasteiger partial charge >= 0.3 is 0 Å². The second-order valence-corrected chi connectivity index (χ2v) is 7.10. The molecule has 8 heteroatoms. The number of nitrogens with zero attached hydrogens (tertiary/aromatic N) is 4. The maximum Gasteiger partial charge on any atom is 0.231 e. The number of hydrogen-bond acceptors (Lipinski definition) is 7. The number of rotatable bonds is 3. The molecular weight excluding hydrogens is 370 g/mol. The third kappa shape index (κ3) is 3.26. The molecule has 0 aliphatic carbocycles. The molecule has 0 atom stereocenters. The van der Waals surface area contributed by atoms with Crippen LogP contribution in [-0.4, -0.2) is 54.0 Å². The van der Waals surface area contributed by atoms with E-state index >= 15 is 0 Å². The summed E-state index contributed by atoms with van der Waals surface area (Å²) in [6.07, 6.45) is 0. The van der Waals surface area contributed by atoms with Gasteiger partial charge in [-0.3, -0.25) is 4.79 Å². The summed E-state index contributed by atoms with van der Waals surface area (Å²) in [7, 11) is 0. The van der Waals surface area contributed by atoms with E-state index < -0.39 is 0 Å². The third-order valence-electron chi connectivity index (χ3n) is 5.33. The Morgan fingerprint density at radius 2 is 1.72 bits per heavy atom. The zero-order valence-electron chi connectivity index (χ0n) is 16.1. The van der Waals surface area contributed by atoms with Gasteiger partial charge in [0, 0.05) is 55.6 Å². The number of fused-ring (bicyclic) bond motifs is 2. The fraction of sp³-hybridized carbons (Fsp3) is 0.286. The zero-order chi connectivity index (χ0) is 19.8. The second-order valence-electron chi connectivity index (χ2n) is 7.10. The van der Waals surface area contributed by atoms with E-state index in [0.717, 1.165) is 41.1 Å². The van der Waals surface area contributed by atoms with Crippen molar-refractivity contribution in [2.24, 2.45) is 0 Å². The Kier molecular flexibility index (Phi) is 4.31. The van der Waals surface area contributed by atoms with Gasteiger partial charge < -0.3 is 24.6 Å². The number of amides is 1. The summed E-state index contributed by atoms with van der Waals surface area (Å²) in [5.41, 5.74) is 0.858. The summed E-state index contributed by atoms with van der Waals surface area (Å²) in [5, 5.41) is 14.4. The first-order chi connectivity index (χ1) is 14.2. The molecule has 8 nitrogen and oxygen atoms in total. The van der Waals surface area contributed by atoms with Crippen molar-refractivity contribution in [1.82, 2.24) is 15.1 Å². The average Bonchev–Trinajstić information content (AvgIpc) is 3.22. The molecule has 0 radical (unpaired) electrons. The Hall–Kier alpha value is -3.55. The minimum atomic E-state index is 0.115. The van der Waals surface area contributed by atoms with Crippen LogP contribution in [-0.2, 0) is 4.79 Å². The highest BCUT2D eigenvalue weighted by Gasteiger charge is 2.22. The van der Waals surface area contributed by atoms with Gasteiger partial charge in [0.05, 0.1) is 0 Å². The first kappa shape index (κ1) is 17.5. The number of nitrogens with one attached hydrogen (secondary N) is 1. The van der Waals surface area contributed by atoms with Crippen LogP contribution in [0.1, 0.15) is 6.92 Å². The minimum absolute atomic E-state index is 0.115. The molecule has 0 bridgehead atoms. The Morgan fingerprint density at radius 3 is 2.52 bits per heavy atom. The molecule has 1 aromatic heterocycles. The van der Waals surface area contributed by atoms with Gasteiger partial charge in [-0.05, 0) is 12.1 Å². The molecule has 2 aliphatic rings. The summed E-state index contributed by atoms with van der Waals surface area (Å²) >= 11 is 0. The number of piperazine rings is 1. The van der Waals surface area contributed by atoms with Gasteiger partial charge in [0.1, 0.15) is 0 Å². The van der Waals surface area contributed by atoms with Crippen molar-refractivity contribution in [3.63, 3.8) is 0 Å². The van der Waals surface area contributed by atoms with Crippen molar-refractivity contribution in [2.75, 3.05) is 43.2 Å². The fourth-order valence-corrected chi connectivity index (χ4v) is 3.76. The van der Waals surface area contributed by atoms with E-state index in [1.807, 2.05) is 41.3 Å². The van der Waals surface area contributed by atoms with Crippen LogP contribution in [0.15, 0.2) is 42.5 Å². The molecule has 2 aliphatic heterocycles. The SMILES string of the molecule is CC(=O)N1CCN(c2nnc(Nc3ccc4c(c3)OCO4)c3ccccc23)CC1. The number of aromatic nitrogens is 2. The zero-order valence-corrected chi connectivity index (χ0v) is 16.1. The number of hydrogen-bond donors (Lipinski definition) is 1. The van der Waals surface area contributed by atoms with E-state index in [2.05, 4.69) is 26.5 Å². The normalized spacial score (nSPS) is 15.6. The third-order valence-corrected chi connectivity index (χ3v) is 5.33. The van der Waals surface area contributed by atoms with E-state index in [1.54, 1.807) is 6.92 Å². The summed E-state index contributed by atoms with van der Waals surface area (Å²) in [6, 6.07) is 13.8. The van der Waals surface area contributed by atoms with Crippen LogP contribution >= 0.6 is 0 Å². The molecule has 1 N–H and O–H groups in total. The Bertz CT molecular complexity index is 1080. The van der Waals surface area contributed by atoms with E-state index in [4.69, 9.17) is 9.47 Å². The number of carbonyl (C=O) groups excluding carboxylic acids is 1. The molecule has 29 heavy (non-hydrogen) atoms. The topological polar surface area (TPSA) is 79.8 Å². The lowest BCUT2D eigenvalue weighted by Gasteiger charge is -2.35. The van der Waals surface area contributed by atoms with Crippen molar-refractivity contribution < 1.29 is 14.3 Å². The predicted octanol–water partition coefficient (Wildman–Crippen LogP) is 2.77. The van der Waals surface area contributed by atoms with Gasteiger partial charge in [0.15, 0.2) is 23.1 Å². The van der Waals surface area contributed by atoms with Crippen molar-refractivity contribution in [1.29, 1.82) is 0 Å². The Balaban J connectivity index is 1.45. The molecule has 1 fully saturated rings. The van der Waals surface area contributed by atoms with E-state index in [0.29, 0.717) is 24.7 Å². The molecule has 3 heterocycles.